The standard InChI is InChI=1S/C16H17N5OS/c1-20(13-5-3-2-4-6-13)14-9-18-16(23-14)19-15(22)12-7-8-21(10-12)11-17/h2-6,9,12H,7-8,10H2,1H3,(H,18,19,22). The molecule has 23 heavy (non-hydrogen) atoms. The second kappa shape index (κ2) is 6.67. The minimum absolute atomic E-state index is 0.0639. The van der Waals surface area contributed by atoms with Gasteiger partial charge >= 0.3 is 0 Å². The van der Waals surface area contributed by atoms with Crippen molar-refractivity contribution in [1.29, 1.82) is 5.26 Å². The van der Waals surface area contributed by atoms with Crippen LogP contribution >= 0.6 is 11.3 Å². The summed E-state index contributed by atoms with van der Waals surface area (Å²) in [5.74, 6) is -0.208. The fourth-order valence-corrected chi connectivity index (χ4v) is 3.33. The maximum atomic E-state index is 12.2. The van der Waals surface area contributed by atoms with Crippen LogP contribution in [0.3, 0.4) is 0 Å². The molecule has 0 saturated carbocycles. The third-order valence-electron chi connectivity index (χ3n) is 3.90. The Morgan fingerprint density at radius 3 is 2.96 bits per heavy atom. The van der Waals surface area contributed by atoms with Crippen LogP contribution in [0.4, 0.5) is 15.8 Å². The van der Waals surface area contributed by atoms with E-state index in [2.05, 4.69) is 16.5 Å². The third-order valence-corrected chi connectivity index (χ3v) is 4.89. The first-order chi connectivity index (χ1) is 11.2. The van der Waals surface area contributed by atoms with E-state index in [0.717, 1.165) is 10.7 Å². The Hall–Kier alpha value is -2.59. The molecule has 0 aliphatic carbocycles. The van der Waals surface area contributed by atoms with Crippen LogP contribution in [0.25, 0.3) is 0 Å². The molecule has 1 N–H and O–H groups in total. The highest BCUT2D eigenvalue weighted by atomic mass is 32.1. The summed E-state index contributed by atoms with van der Waals surface area (Å²) in [6, 6.07) is 9.98. The van der Waals surface area contributed by atoms with Crippen molar-refractivity contribution < 1.29 is 4.79 Å². The maximum Gasteiger partial charge on any atom is 0.231 e. The Bertz CT molecular complexity index is 724. The molecule has 1 saturated heterocycles. The van der Waals surface area contributed by atoms with Gasteiger partial charge in [0.15, 0.2) is 11.3 Å². The zero-order valence-corrected chi connectivity index (χ0v) is 13.6. The lowest BCUT2D eigenvalue weighted by atomic mass is 10.1. The largest absolute Gasteiger partial charge is 0.335 e. The first-order valence-electron chi connectivity index (χ1n) is 7.37. The number of rotatable bonds is 4. The van der Waals surface area contributed by atoms with Crippen molar-refractivity contribution in [1.82, 2.24) is 9.88 Å². The van der Waals surface area contributed by atoms with E-state index in [-0.39, 0.29) is 11.8 Å². The van der Waals surface area contributed by atoms with Crippen molar-refractivity contribution in [3.63, 3.8) is 0 Å². The number of likely N-dealkylation sites (tertiary alicyclic amines) is 1. The van der Waals surface area contributed by atoms with Gasteiger partial charge in [-0.25, -0.2) is 4.98 Å². The zero-order valence-electron chi connectivity index (χ0n) is 12.8. The first-order valence-corrected chi connectivity index (χ1v) is 8.19. The molecule has 1 aromatic heterocycles. The molecule has 1 aromatic carbocycles. The van der Waals surface area contributed by atoms with E-state index in [1.54, 1.807) is 11.1 Å². The molecule has 118 valence electrons. The van der Waals surface area contributed by atoms with Crippen molar-refractivity contribution in [2.75, 3.05) is 30.4 Å². The molecule has 7 heteroatoms. The average molecular weight is 327 g/mol. The zero-order chi connectivity index (χ0) is 16.2. The summed E-state index contributed by atoms with van der Waals surface area (Å²) < 4.78 is 0. The number of hydrogen-bond donors (Lipinski definition) is 1. The van der Waals surface area contributed by atoms with E-state index >= 15 is 0 Å². The lowest BCUT2D eigenvalue weighted by Gasteiger charge is -2.16. The molecule has 1 aliphatic heterocycles. The molecule has 1 aliphatic rings. The minimum Gasteiger partial charge on any atom is -0.335 e. The van der Waals surface area contributed by atoms with Crippen molar-refractivity contribution in [3.8, 4) is 6.19 Å². The maximum absolute atomic E-state index is 12.2. The molecule has 1 atom stereocenters. The summed E-state index contributed by atoms with van der Waals surface area (Å²) in [4.78, 5) is 20.2. The summed E-state index contributed by atoms with van der Waals surface area (Å²) >= 11 is 1.43. The molecule has 6 nitrogen and oxygen atoms in total. The Balaban J connectivity index is 1.64. The first kappa shape index (κ1) is 15.3. The van der Waals surface area contributed by atoms with E-state index < -0.39 is 0 Å². The molecule has 0 spiro atoms. The lowest BCUT2D eigenvalue weighted by Crippen LogP contribution is -2.25. The Morgan fingerprint density at radius 2 is 2.26 bits per heavy atom. The highest BCUT2D eigenvalue weighted by molar-refractivity contribution is 7.19. The Labute approximate surface area is 139 Å². The number of hydrogen-bond acceptors (Lipinski definition) is 6. The van der Waals surface area contributed by atoms with Gasteiger partial charge in [-0.2, -0.15) is 5.26 Å². The molecule has 1 fully saturated rings. The topological polar surface area (TPSA) is 72.3 Å². The normalized spacial score (nSPS) is 16.9. The second-order valence-corrected chi connectivity index (χ2v) is 6.43. The van der Waals surface area contributed by atoms with Crippen LogP contribution in [0.15, 0.2) is 36.5 Å². The van der Waals surface area contributed by atoms with Gasteiger partial charge < -0.3 is 15.1 Å². The SMILES string of the molecule is CN(c1ccccc1)c1cnc(NC(=O)C2CCN(C#N)C2)s1. The molecular weight excluding hydrogens is 310 g/mol. The highest BCUT2D eigenvalue weighted by Crippen LogP contribution is 2.31. The van der Waals surface area contributed by atoms with Crippen LogP contribution < -0.4 is 10.2 Å². The number of anilines is 3. The van der Waals surface area contributed by atoms with Gasteiger partial charge in [-0.15, -0.1) is 0 Å². The summed E-state index contributed by atoms with van der Waals surface area (Å²) in [5.41, 5.74) is 1.06. The number of aromatic nitrogens is 1. The fraction of sp³-hybridized carbons (Fsp3) is 0.312. The van der Waals surface area contributed by atoms with Gasteiger partial charge in [0.25, 0.3) is 0 Å². The number of nitrogens with zero attached hydrogens (tertiary/aromatic N) is 4. The van der Waals surface area contributed by atoms with E-state index in [0.29, 0.717) is 24.6 Å². The van der Waals surface area contributed by atoms with Gasteiger partial charge in [-0.3, -0.25) is 4.79 Å². The van der Waals surface area contributed by atoms with Crippen molar-refractivity contribution in [3.05, 3.63) is 36.5 Å². The molecule has 0 bridgehead atoms. The molecule has 2 heterocycles. The molecular formula is C16H17N5OS. The van der Waals surface area contributed by atoms with Crippen LogP contribution in [0.5, 0.6) is 0 Å². The summed E-state index contributed by atoms with van der Waals surface area (Å²) in [7, 11) is 1.97. The monoisotopic (exact) mass is 327 g/mol. The lowest BCUT2D eigenvalue weighted by molar-refractivity contribution is -0.119. The van der Waals surface area contributed by atoms with Crippen molar-refractivity contribution >= 4 is 33.1 Å². The molecule has 1 unspecified atom stereocenters. The van der Waals surface area contributed by atoms with Gasteiger partial charge in [0.1, 0.15) is 5.00 Å². The quantitative estimate of drug-likeness (QED) is 0.874. The number of carbonyl (C=O) groups is 1. The number of benzene rings is 1. The van der Waals surface area contributed by atoms with Crippen molar-refractivity contribution in [2.45, 2.75) is 6.42 Å². The molecule has 1 amide bonds. The summed E-state index contributed by atoms with van der Waals surface area (Å²) in [6.45, 7) is 1.14. The van der Waals surface area contributed by atoms with Crippen LogP contribution in [0.2, 0.25) is 0 Å². The number of nitrogens with one attached hydrogen (secondary N) is 1. The third kappa shape index (κ3) is 3.43. The minimum atomic E-state index is -0.145. The highest BCUT2D eigenvalue weighted by Gasteiger charge is 2.28. The number of nitriles is 1. The van der Waals surface area contributed by atoms with E-state index in [9.17, 15) is 4.79 Å². The number of amides is 1. The number of thiazole rings is 1. The number of carbonyl (C=O) groups excluding carboxylic acids is 1. The smallest absolute Gasteiger partial charge is 0.231 e. The van der Waals surface area contributed by atoms with Gasteiger partial charge in [-0.05, 0) is 18.6 Å². The fourth-order valence-electron chi connectivity index (χ4n) is 2.53. The van der Waals surface area contributed by atoms with Crippen molar-refractivity contribution in [2.24, 2.45) is 5.92 Å². The average Bonchev–Trinajstić information content (AvgIpc) is 3.24. The van der Waals surface area contributed by atoms with Gasteiger partial charge in [0.05, 0.1) is 12.1 Å². The molecule has 3 rings (SSSR count). The van der Waals surface area contributed by atoms with Gasteiger partial charge in [-0.1, -0.05) is 29.5 Å². The predicted molar refractivity (Wildman–Crippen MR) is 90.5 cm³/mol. The van der Waals surface area contributed by atoms with E-state index in [4.69, 9.17) is 5.26 Å². The molecule has 0 radical (unpaired) electrons. The predicted octanol–water partition coefficient (Wildman–Crippen LogP) is 2.65. The van der Waals surface area contributed by atoms with Gasteiger partial charge in [0.2, 0.25) is 5.91 Å². The van der Waals surface area contributed by atoms with Crippen LogP contribution in [-0.2, 0) is 4.79 Å². The molecule has 2 aromatic rings. The Morgan fingerprint density at radius 1 is 1.48 bits per heavy atom. The van der Waals surface area contributed by atoms with Gasteiger partial charge in [0, 0.05) is 25.8 Å². The van der Waals surface area contributed by atoms with Crippen LogP contribution in [0.1, 0.15) is 6.42 Å². The van der Waals surface area contributed by atoms with Crippen LogP contribution in [-0.4, -0.2) is 35.9 Å². The van der Waals surface area contributed by atoms with E-state index in [1.807, 2.05) is 42.3 Å². The van der Waals surface area contributed by atoms with E-state index in [1.165, 1.54) is 11.3 Å². The summed E-state index contributed by atoms with van der Waals surface area (Å²) in [6.07, 6.45) is 4.55. The number of para-hydroxylation sites is 1. The second-order valence-electron chi connectivity index (χ2n) is 5.42. The van der Waals surface area contributed by atoms with Crippen LogP contribution in [0, 0.1) is 17.4 Å². The summed E-state index contributed by atoms with van der Waals surface area (Å²) in [5, 5.41) is 13.3. The Kier molecular flexibility index (Phi) is 4.44.